The summed E-state index contributed by atoms with van der Waals surface area (Å²) < 4.78 is 6.89. The van der Waals surface area contributed by atoms with E-state index in [0.717, 1.165) is 17.1 Å². The van der Waals surface area contributed by atoms with Crippen LogP contribution in [0.1, 0.15) is 24.4 Å². The van der Waals surface area contributed by atoms with Crippen molar-refractivity contribution >= 4 is 30.7 Å². The van der Waals surface area contributed by atoms with Crippen molar-refractivity contribution in [2.24, 2.45) is 5.73 Å². The van der Waals surface area contributed by atoms with Gasteiger partial charge in [-0.3, -0.25) is 4.79 Å². The van der Waals surface area contributed by atoms with E-state index in [0.29, 0.717) is 0 Å². The van der Waals surface area contributed by atoms with Crippen molar-refractivity contribution in [1.82, 2.24) is 14.9 Å². The first kappa shape index (κ1) is 22.4. The fourth-order valence-electron chi connectivity index (χ4n) is 2.23. The van der Waals surface area contributed by atoms with Crippen LogP contribution in [0.3, 0.4) is 0 Å². The molecule has 2 unspecified atom stereocenters. The van der Waals surface area contributed by atoms with Crippen LogP contribution in [-0.4, -0.2) is 35.2 Å². The van der Waals surface area contributed by atoms with Crippen LogP contribution in [-0.2, 0) is 9.53 Å². The third-order valence-electron chi connectivity index (χ3n) is 3.54. The summed E-state index contributed by atoms with van der Waals surface area (Å²) in [6.45, 7) is 4.08. The fourth-order valence-corrected chi connectivity index (χ4v) is 2.23. The number of nitrogens with two attached hydrogens (primary N) is 1. The van der Waals surface area contributed by atoms with E-state index in [4.69, 9.17) is 10.5 Å². The number of aryl methyl sites for hydroxylation is 1. The van der Waals surface area contributed by atoms with Crippen LogP contribution in [0.5, 0.6) is 0 Å². The molecule has 2 rings (SSSR count). The molecular formula is C16H24Cl2N4O2. The molecule has 0 radical (unpaired) electrons. The number of halogens is 2. The summed E-state index contributed by atoms with van der Waals surface area (Å²) in [5.41, 5.74) is 7.76. The molecule has 1 aromatic heterocycles. The number of carbonyl (C=O) groups excluding carboxylic acids is 1. The van der Waals surface area contributed by atoms with Gasteiger partial charge in [0.25, 0.3) is 0 Å². The van der Waals surface area contributed by atoms with Crippen molar-refractivity contribution < 1.29 is 9.53 Å². The number of imidazole rings is 1. The number of hydrogen-bond donors (Lipinski definition) is 2. The molecule has 24 heavy (non-hydrogen) atoms. The van der Waals surface area contributed by atoms with Gasteiger partial charge in [-0.05, 0) is 31.5 Å². The molecule has 0 bridgehead atoms. The van der Waals surface area contributed by atoms with Crippen molar-refractivity contribution in [2.45, 2.75) is 25.9 Å². The number of rotatable bonds is 6. The lowest BCUT2D eigenvalue weighted by atomic mass is 10.1. The Kier molecular flexibility index (Phi) is 9.62. The van der Waals surface area contributed by atoms with Crippen LogP contribution in [0.4, 0.5) is 0 Å². The normalized spacial score (nSPS) is 12.5. The Bertz CT molecular complexity index is 631. The van der Waals surface area contributed by atoms with Gasteiger partial charge in [0.2, 0.25) is 5.91 Å². The van der Waals surface area contributed by atoms with E-state index in [-0.39, 0.29) is 43.4 Å². The van der Waals surface area contributed by atoms with Crippen LogP contribution in [0.15, 0.2) is 36.7 Å². The quantitative estimate of drug-likeness (QED) is 0.811. The number of ether oxygens (including phenoxy) is 1. The predicted octanol–water partition coefficient (Wildman–Crippen LogP) is 2.18. The highest BCUT2D eigenvalue weighted by atomic mass is 35.5. The van der Waals surface area contributed by atoms with Gasteiger partial charge in [-0.2, -0.15) is 0 Å². The van der Waals surface area contributed by atoms with Crippen molar-refractivity contribution in [2.75, 3.05) is 13.7 Å². The molecule has 0 saturated carbocycles. The first-order chi connectivity index (χ1) is 10.5. The first-order valence-electron chi connectivity index (χ1n) is 7.18. The topological polar surface area (TPSA) is 82.2 Å². The smallest absolute Gasteiger partial charge is 0.239 e. The molecule has 1 aromatic carbocycles. The van der Waals surface area contributed by atoms with Crippen molar-refractivity contribution in [1.29, 1.82) is 0 Å². The largest absolute Gasteiger partial charge is 0.383 e. The Morgan fingerprint density at radius 2 is 1.96 bits per heavy atom. The van der Waals surface area contributed by atoms with Gasteiger partial charge in [-0.15, -0.1) is 24.8 Å². The van der Waals surface area contributed by atoms with E-state index in [9.17, 15) is 4.79 Å². The Morgan fingerprint density at radius 1 is 1.33 bits per heavy atom. The van der Waals surface area contributed by atoms with Crippen LogP contribution < -0.4 is 11.1 Å². The number of benzene rings is 1. The first-order valence-corrected chi connectivity index (χ1v) is 7.18. The summed E-state index contributed by atoms with van der Waals surface area (Å²) in [7, 11) is 1.52. The lowest BCUT2D eigenvalue weighted by molar-refractivity contribution is -0.124. The summed E-state index contributed by atoms with van der Waals surface area (Å²) >= 11 is 0. The van der Waals surface area contributed by atoms with Crippen molar-refractivity contribution in [3.63, 3.8) is 0 Å². The predicted molar refractivity (Wildman–Crippen MR) is 99.2 cm³/mol. The molecule has 0 saturated heterocycles. The standard InChI is InChI=1S/C16H22N4O2.2ClH/c1-11(19-16(21)15(17)10-22-3)13-4-6-14(7-5-13)20-9-8-18-12(20)2;;/h4-9,11,15H,10,17H2,1-3H3,(H,19,21);2*1H. The third kappa shape index (κ3) is 5.49. The van der Waals surface area contributed by atoms with Gasteiger partial charge < -0.3 is 20.4 Å². The van der Waals surface area contributed by atoms with Gasteiger partial charge in [-0.1, -0.05) is 12.1 Å². The summed E-state index contributed by atoms with van der Waals surface area (Å²) in [6.07, 6.45) is 3.68. The second-order valence-corrected chi connectivity index (χ2v) is 5.23. The molecule has 0 aliphatic rings. The number of nitrogens with zero attached hydrogens (tertiary/aromatic N) is 2. The number of amides is 1. The molecule has 8 heteroatoms. The fraction of sp³-hybridized carbons (Fsp3) is 0.375. The molecule has 0 fully saturated rings. The minimum absolute atomic E-state index is 0. The van der Waals surface area contributed by atoms with Crippen LogP contribution >= 0.6 is 24.8 Å². The van der Waals surface area contributed by atoms with Crippen LogP contribution in [0.25, 0.3) is 5.69 Å². The third-order valence-corrected chi connectivity index (χ3v) is 3.54. The van der Waals surface area contributed by atoms with Crippen molar-refractivity contribution in [3.05, 3.63) is 48.0 Å². The molecule has 2 atom stereocenters. The monoisotopic (exact) mass is 374 g/mol. The van der Waals surface area contributed by atoms with Crippen LogP contribution in [0, 0.1) is 6.92 Å². The zero-order valence-electron chi connectivity index (χ0n) is 13.9. The van der Waals surface area contributed by atoms with Crippen molar-refractivity contribution in [3.8, 4) is 5.69 Å². The maximum atomic E-state index is 11.9. The number of methoxy groups -OCH3 is 1. The van der Waals surface area contributed by atoms with E-state index < -0.39 is 6.04 Å². The number of aromatic nitrogens is 2. The minimum atomic E-state index is -0.652. The molecular weight excluding hydrogens is 351 g/mol. The molecule has 6 nitrogen and oxygen atoms in total. The molecule has 1 heterocycles. The number of hydrogen-bond acceptors (Lipinski definition) is 4. The maximum Gasteiger partial charge on any atom is 0.239 e. The maximum absolute atomic E-state index is 11.9. The lowest BCUT2D eigenvalue weighted by Crippen LogP contribution is -2.44. The second-order valence-electron chi connectivity index (χ2n) is 5.23. The Morgan fingerprint density at radius 3 is 2.46 bits per heavy atom. The minimum Gasteiger partial charge on any atom is -0.383 e. The molecule has 0 aliphatic heterocycles. The number of carbonyl (C=O) groups is 1. The zero-order chi connectivity index (χ0) is 16.1. The average Bonchev–Trinajstić information content (AvgIpc) is 2.93. The van der Waals surface area contributed by atoms with E-state index in [1.165, 1.54) is 7.11 Å². The van der Waals surface area contributed by atoms with Gasteiger partial charge >= 0.3 is 0 Å². The van der Waals surface area contributed by atoms with Gasteiger partial charge in [0.05, 0.1) is 12.6 Å². The summed E-state index contributed by atoms with van der Waals surface area (Å²) in [5, 5.41) is 2.88. The van der Waals surface area contributed by atoms with E-state index in [2.05, 4.69) is 10.3 Å². The zero-order valence-corrected chi connectivity index (χ0v) is 15.6. The van der Waals surface area contributed by atoms with Gasteiger partial charge in [-0.25, -0.2) is 4.98 Å². The van der Waals surface area contributed by atoms with Gasteiger partial charge in [0, 0.05) is 25.2 Å². The average molecular weight is 375 g/mol. The highest BCUT2D eigenvalue weighted by Crippen LogP contribution is 2.16. The molecule has 3 N–H and O–H groups in total. The van der Waals surface area contributed by atoms with E-state index >= 15 is 0 Å². The highest BCUT2D eigenvalue weighted by Gasteiger charge is 2.16. The second kappa shape index (κ2) is 10.3. The molecule has 1 amide bonds. The summed E-state index contributed by atoms with van der Waals surface area (Å²) in [6, 6.07) is 7.21. The Balaban J connectivity index is 0.00000264. The summed E-state index contributed by atoms with van der Waals surface area (Å²) in [5.74, 6) is 0.712. The SMILES string of the molecule is COCC(N)C(=O)NC(C)c1ccc(-n2ccnc2C)cc1.Cl.Cl. The Labute approximate surface area is 154 Å². The Hall–Kier alpha value is -1.60. The van der Waals surface area contributed by atoms with Gasteiger partial charge in [0.1, 0.15) is 11.9 Å². The van der Waals surface area contributed by atoms with Crippen LogP contribution in [0.2, 0.25) is 0 Å². The molecule has 0 aliphatic carbocycles. The summed E-state index contributed by atoms with van der Waals surface area (Å²) in [4.78, 5) is 16.1. The highest BCUT2D eigenvalue weighted by molar-refractivity contribution is 5.85. The molecule has 2 aromatic rings. The number of nitrogens with one attached hydrogen (secondary N) is 1. The van der Waals surface area contributed by atoms with E-state index in [1.807, 2.05) is 48.9 Å². The van der Waals surface area contributed by atoms with E-state index in [1.54, 1.807) is 6.20 Å². The molecule has 134 valence electrons. The van der Waals surface area contributed by atoms with Gasteiger partial charge in [0.15, 0.2) is 0 Å². The lowest BCUT2D eigenvalue weighted by Gasteiger charge is -2.18. The molecule has 0 spiro atoms.